The first-order valence-corrected chi connectivity index (χ1v) is 14.0. The lowest BCUT2D eigenvalue weighted by molar-refractivity contribution is 0.434. The zero-order chi connectivity index (χ0) is 21.6. The first-order chi connectivity index (χ1) is 15.1. The lowest BCUT2D eigenvalue weighted by Crippen LogP contribution is -2.33. The summed E-state index contributed by atoms with van der Waals surface area (Å²) in [6, 6.07) is 23.6. The van der Waals surface area contributed by atoms with Gasteiger partial charge in [0.25, 0.3) is 0 Å². The third kappa shape index (κ3) is 5.71. The molecule has 0 unspecified atom stereocenters. The van der Waals surface area contributed by atoms with E-state index < -0.39 is 8.80 Å². The Morgan fingerprint density at radius 1 is 0.806 bits per heavy atom. The molecule has 0 aliphatic carbocycles. The quantitative estimate of drug-likeness (QED) is 0.349. The van der Waals surface area contributed by atoms with Gasteiger partial charge in [-0.25, -0.2) is 8.78 Å². The predicted molar refractivity (Wildman–Crippen MR) is 130 cm³/mol. The molecular weight excluding hydrogens is 402 g/mol. The number of rotatable bonds is 7. The minimum absolute atomic E-state index is 0.246. The molecule has 0 saturated carbocycles. The summed E-state index contributed by atoms with van der Waals surface area (Å²) in [6.07, 6.45) is 7.34. The highest BCUT2D eigenvalue weighted by Crippen LogP contribution is 2.28. The van der Waals surface area contributed by atoms with Gasteiger partial charge in [-0.15, -0.1) is 0 Å². The van der Waals surface area contributed by atoms with Gasteiger partial charge in [0, 0.05) is 5.56 Å². The van der Waals surface area contributed by atoms with E-state index in [9.17, 15) is 8.78 Å². The molecule has 1 saturated heterocycles. The normalized spacial score (nSPS) is 18.8. The van der Waals surface area contributed by atoms with Crippen molar-refractivity contribution in [3.05, 3.63) is 89.5 Å². The highest BCUT2D eigenvalue weighted by molar-refractivity contribution is 6.73. The van der Waals surface area contributed by atoms with Crippen molar-refractivity contribution in [2.75, 3.05) is 0 Å². The largest absolute Gasteiger partial charge is 0.207 e. The molecule has 3 aromatic carbocycles. The number of halogens is 2. The monoisotopic (exact) mass is 434 g/mol. The minimum Gasteiger partial charge on any atom is -0.207 e. The van der Waals surface area contributed by atoms with Crippen LogP contribution < -0.4 is 5.19 Å². The third-order valence-electron chi connectivity index (χ3n) is 6.89. The van der Waals surface area contributed by atoms with E-state index in [0.29, 0.717) is 11.1 Å². The van der Waals surface area contributed by atoms with Crippen molar-refractivity contribution in [2.45, 2.75) is 57.5 Å². The van der Waals surface area contributed by atoms with Gasteiger partial charge in [0.2, 0.25) is 0 Å². The van der Waals surface area contributed by atoms with Crippen LogP contribution in [0.2, 0.25) is 12.1 Å². The lowest BCUT2D eigenvalue weighted by atomic mass is 9.97. The molecule has 0 N–H and O–H groups in total. The van der Waals surface area contributed by atoms with Crippen LogP contribution >= 0.6 is 0 Å². The lowest BCUT2D eigenvalue weighted by Gasteiger charge is -2.27. The van der Waals surface area contributed by atoms with Crippen LogP contribution in [0, 0.1) is 17.6 Å². The molecule has 3 aromatic rings. The molecule has 0 nitrogen and oxygen atoms in total. The maximum Gasteiger partial charge on any atom is 0.131 e. The van der Waals surface area contributed by atoms with Crippen LogP contribution in [0.3, 0.4) is 0 Å². The fourth-order valence-corrected chi connectivity index (χ4v) is 8.46. The van der Waals surface area contributed by atoms with Crippen molar-refractivity contribution in [1.29, 1.82) is 0 Å². The van der Waals surface area contributed by atoms with E-state index >= 15 is 0 Å². The summed E-state index contributed by atoms with van der Waals surface area (Å²) in [5.41, 5.74) is 3.54. The fourth-order valence-electron chi connectivity index (χ4n) is 5.02. The van der Waals surface area contributed by atoms with Gasteiger partial charge in [0.15, 0.2) is 0 Å². The number of hydrogen-bond acceptors (Lipinski definition) is 0. The molecule has 0 atom stereocenters. The second kappa shape index (κ2) is 10.4. The smallest absolute Gasteiger partial charge is 0.131 e. The summed E-state index contributed by atoms with van der Waals surface area (Å²) in [6.45, 7) is 2.30. The van der Waals surface area contributed by atoms with E-state index in [1.54, 1.807) is 23.4 Å². The summed E-state index contributed by atoms with van der Waals surface area (Å²) in [5.74, 6) is 0.422. The van der Waals surface area contributed by atoms with E-state index in [-0.39, 0.29) is 11.6 Å². The van der Waals surface area contributed by atoms with Crippen LogP contribution in [0.25, 0.3) is 11.1 Å². The third-order valence-corrected chi connectivity index (χ3v) is 10.3. The second-order valence-electron chi connectivity index (χ2n) is 9.07. The Hall–Kier alpha value is -2.26. The summed E-state index contributed by atoms with van der Waals surface area (Å²) in [7, 11) is -0.767. The molecule has 0 bridgehead atoms. The molecule has 1 aliphatic rings. The van der Waals surface area contributed by atoms with Crippen molar-refractivity contribution in [2.24, 2.45) is 5.92 Å². The Labute approximate surface area is 186 Å². The summed E-state index contributed by atoms with van der Waals surface area (Å²) < 4.78 is 27.7. The summed E-state index contributed by atoms with van der Waals surface area (Å²) >= 11 is 0. The predicted octanol–water partition coefficient (Wildman–Crippen LogP) is 7.06. The molecule has 0 spiro atoms. The first kappa shape index (κ1) is 21.9. The number of hydrogen-bond donors (Lipinski definition) is 0. The Bertz CT molecular complexity index is 971. The Kier molecular flexibility index (Phi) is 7.34. The molecule has 1 heterocycles. The Morgan fingerprint density at radius 3 is 2.10 bits per heavy atom. The zero-order valence-electron chi connectivity index (χ0n) is 18.4. The van der Waals surface area contributed by atoms with Gasteiger partial charge in [-0.3, -0.25) is 0 Å². The van der Waals surface area contributed by atoms with Crippen molar-refractivity contribution < 1.29 is 8.78 Å². The van der Waals surface area contributed by atoms with E-state index in [0.717, 1.165) is 24.3 Å². The molecule has 4 rings (SSSR count). The first-order valence-electron chi connectivity index (χ1n) is 11.8. The summed E-state index contributed by atoms with van der Waals surface area (Å²) in [4.78, 5) is 0. The van der Waals surface area contributed by atoms with Crippen LogP contribution in [-0.2, 0) is 12.8 Å². The SMILES string of the molecule is CCC[C@H]1CC[Si@H](c2ccc(CCc3ccc(-c4ccc(F)cc4)c(F)c3)cc2)CC1. The van der Waals surface area contributed by atoms with Crippen molar-refractivity contribution >= 4 is 14.0 Å². The Morgan fingerprint density at radius 2 is 1.45 bits per heavy atom. The zero-order valence-corrected chi connectivity index (χ0v) is 19.6. The van der Waals surface area contributed by atoms with Crippen molar-refractivity contribution in [3.8, 4) is 11.1 Å². The highest BCUT2D eigenvalue weighted by Gasteiger charge is 2.22. The van der Waals surface area contributed by atoms with Gasteiger partial charge in [-0.2, -0.15) is 0 Å². The van der Waals surface area contributed by atoms with Crippen LogP contribution in [0.1, 0.15) is 43.7 Å². The van der Waals surface area contributed by atoms with E-state index in [1.165, 1.54) is 55.5 Å². The van der Waals surface area contributed by atoms with Crippen LogP contribution in [0.15, 0.2) is 66.7 Å². The number of aryl methyl sites for hydroxylation is 2. The maximum atomic E-state index is 14.6. The van der Waals surface area contributed by atoms with Crippen LogP contribution in [-0.4, -0.2) is 8.80 Å². The molecule has 0 aromatic heterocycles. The van der Waals surface area contributed by atoms with Gasteiger partial charge in [0.05, 0.1) is 8.80 Å². The molecule has 0 radical (unpaired) electrons. The van der Waals surface area contributed by atoms with E-state index in [2.05, 4.69) is 31.2 Å². The average molecular weight is 435 g/mol. The van der Waals surface area contributed by atoms with Crippen LogP contribution in [0.4, 0.5) is 8.78 Å². The minimum atomic E-state index is -0.767. The van der Waals surface area contributed by atoms with E-state index in [1.807, 2.05) is 12.1 Å². The van der Waals surface area contributed by atoms with Crippen molar-refractivity contribution in [3.63, 3.8) is 0 Å². The Balaban J connectivity index is 1.33. The highest BCUT2D eigenvalue weighted by atomic mass is 28.3. The standard InChI is InChI=1S/C28H32F2Si/c1-2-3-21-16-18-31(19-17-21)26-13-6-22(7-14-26)4-5-23-8-15-27(28(30)20-23)24-9-11-25(29)12-10-24/h6-15,20-21,31H,2-5,16-19H2,1H3/t21-,31-. The second-order valence-corrected chi connectivity index (χ2v) is 12.3. The van der Waals surface area contributed by atoms with Gasteiger partial charge < -0.3 is 0 Å². The van der Waals surface area contributed by atoms with Crippen LogP contribution in [0.5, 0.6) is 0 Å². The molecule has 1 fully saturated rings. The van der Waals surface area contributed by atoms with Gasteiger partial charge in [-0.1, -0.05) is 98.4 Å². The molecule has 31 heavy (non-hydrogen) atoms. The van der Waals surface area contributed by atoms with Gasteiger partial charge in [-0.05, 0) is 53.6 Å². The topological polar surface area (TPSA) is 0 Å². The molecule has 3 heteroatoms. The molecule has 162 valence electrons. The average Bonchev–Trinajstić information content (AvgIpc) is 2.80. The van der Waals surface area contributed by atoms with Gasteiger partial charge in [0.1, 0.15) is 11.6 Å². The summed E-state index contributed by atoms with van der Waals surface area (Å²) in [5, 5.41) is 1.62. The van der Waals surface area contributed by atoms with E-state index in [4.69, 9.17) is 0 Å². The van der Waals surface area contributed by atoms with Gasteiger partial charge >= 0.3 is 0 Å². The molecule has 1 aliphatic heterocycles. The molecular formula is C28H32F2Si. The fraction of sp³-hybridized carbons (Fsp3) is 0.357. The van der Waals surface area contributed by atoms with Crippen molar-refractivity contribution in [1.82, 2.24) is 0 Å². The molecule has 0 amide bonds. The maximum absolute atomic E-state index is 14.6. The number of benzene rings is 3.